The van der Waals surface area contributed by atoms with Crippen LogP contribution in [0.3, 0.4) is 0 Å². The summed E-state index contributed by atoms with van der Waals surface area (Å²) in [7, 11) is 2.01. The summed E-state index contributed by atoms with van der Waals surface area (Å²) in [5.41, 5.74) is 4.98. The molecule has 0 aliphatic heterocycles. The SMILES string of the molecule is CNc1c2c(nc3c(Br)ccc(Br)c13)CCCCC2. The predicted molar refractivity (Wildman–Crippen MR) is 87.9 cm³/mol. The monoisotopic (exact) mass is 382 g/mol. The van der Waals surface area contributed by atoms with Crippen molar-refractivity contribution < 1.29 is 0 Å². The number of halogens is 2. The van der Waals surface area contributed by atoms with Gasteiger partial charge in [0, 0.05) is 32.8 Å². The molecule has 0 saturated carbocycles. The van der Waals surface area contributed by atoms with Gasteiger partial charge < -0.3 is 5.32 Å². The maximum atomic E-state index is 4.93. The highest BCUT2D eigenvalue weighted by molar-refractivity contribution is 9.11. The van der Waals surface area contributed by atoms with Crippen LogP contribution < -0.4 is 5.32 Å². The van der Waals surface area contributed by atoms with Crippen molar-refractivity contribution in [1.29, 1.82) is 0 Å². The van der Waals surface area contributed by atoms with Crippen LogP contribution >= 0.6 is 31.9 Å². The molecule has 0 spiro atoms. The molecule has 1 N–H and O–H groups in total. The third-order valence-electron chi connectivity index (χ3n) is 3.82. The molecule has 19 heavy (non-hydrogen) atoms. The molecule has 100 valence electrons. The molecule has 2 aromatic rings. The van der Waals surface area contributed by atoms with Crippen molar-refractivity contribution in [2.75, 3.05) is 12.4 Å². The third-order valence-corrected chi connectivity index (χ3v) is 5.12. The van der Waals surface area contributed by atoms with Crippen LogP contribution in [0.25, 0.3) is 10.9 Å². The van der Waals surface area contributed by atoms with Crippen molar-refractivity contribution in [1.82, 2.24) is 4.98 Å². The van der Waals surface area contributed by atoms with Gasteiger partial charge in [0.25, 0.3) is 0 Å². The fourth-order valence-electron chi connectivity index (χ4n) is 2.91. The Labute approximate surface area is 130 Å². The quantitative estimate of drug-likeness (QED) is 0.695. The number of benzene rings is 1. The second kappa shape index (κ2) is 5.41. The lowest BCUT2D eigenvalue weighted by Crippen LogP contribution is -2.04. The number of hydrogen-bond acceptors (Lipinski definition) is 2. The van der Waals surface area contributed by atoms with Crippen LogP contribution in [-0.4, -0.2) is 12.0 Å². The van der Waals surface area contributed by atoms with Crippen LogP contribution in [0.1, 0.15) is 30.5 Å². The summed E-state index contributed by atoms with van der Waals surface area (Å²) in [5.74, 6) is 0. The number of nitrogens with one attached hydrogen (secondary N) is 1. The molecule has 0 fully saturated rings. The second-order valence-corrected chi connectivity index (χ2v) is 6.68. The number of fused-ring (bicyclic) bond motifs is 2. The zero-order valence-corrected chi connectivity index (χ0v) is 14.1. The first-order chi connectivity index (χ1) is 9.22. The van der Waals surface area contributed by atoms with E-state index in [1.165, 1.54) is 41.6 Å². The zero-order valence-electron chi connectivity index (χ0n) is 10.9. The Morgan fingerprint density at radius 1 is 1.05 bits per heavy atom. The molecular weight excluding hydrogens is 368 g/mol. The number of rotatable bonds is 1. The normalized spacial score (nSPS) is 15.1. The fourth-order valence-corrected chi connectivity index (χ4v) is 3.85. The van der Waals surface area contributed by atoms with E-state index in [4.69, 9.17) is 4.98 Å². The maximum absolute atomic E-state index is 4.93. The first-order valence-electron chi connectivity index (χ1n) is 6.69. The number of aromatic nitrogens is 1. The van der Waals surface area contributed by atoms with Crippen LogP contribution in [0.5, 0.6) is 0 Å². The Balaban J connectivity index is 2.39. The molecule has 3 rings (SSSR count). The van der Waals surface area contributed by atoms with Gasteiger partial charge in [-0.05, 0) is 59.3 Å². The van der Waals surface area contributed by atoms with Gasteiger partial charge in [-0.15, -0.1) is 0 Å². The van der Waals surface area contributed by atoms with E-state index in [1.54, 1.807) is 0 Å². The second-order valence-electron chi connectivity index (χ2n) is 4.98. The van der Waals surface area contributed by atoms with E-state index in [2.05, 4.69) is 49.3 Å². The van der Waals surface area contributed by atoms with Crippen molar-refractivity contribution in [2.24, 2.45) is 0 Å². The minimum Gasteiger partial charge on any atom is -0.387 e. The van der Waals surface area contributed by atoms with Gasteiger partial charge in [0.2, 0.25) is 0 Å². The average Bonchev–Trinajstić information content (AvgIpc) is 2.66. The molecule has 1 aromatic carbocycles. The first-order valence-corrected chi connectivity index (χ1v) is 8.28. The summed E-state index contributed by atoms with van der Waals surface area (Å²) in [5, 5.41) is 4.60. The molecule has 0 unspecified atom stereocenters. The molecule has 4 heteroatoms. The van der Waals surface area contributed by atoms with Crippen molar-refractivity contribution in [3.8, 4) is 0 Å². The predicted octanol–water partition coefficient (Wildman–Crippen LogP) is 5.07. The average molecular weight is 384 g/mol. The van der Waals surface area contributed by atoms with Crippen molar-refractivity contribution >= 4 is 48.5 Å². The molecule has 0 radical (unpaired) electrons. The third kappa shape index (κ3) is 2.29. The number of aryl methyl sites for hydroxylation is 1. The molecule has 0 saturated heterocycles. The van der Waals surface area contributed by atoms with E-state index in [9.17, 15) is 0 Å². The van der Waals surface area contributed by atoms with E-state index >= 15 is 0 Å². The topological polar surface area (TPSA) is 24.9 Å². The van der Waals surface area contributed by atoms with Gasteiger partial charge in [0.1, 0.15) is 0 Å². The van der Waals surface area contributed by atoms with E-state index in [0.29, 0.717) is 0 Å². The Hall–Kier alpha value is -0.610. The maximum Gasteiger partial charge on any atom is 0.0879 e. The number of anilines is 1. The molecule has 2 nitrogen and oxygen atoms in total. The van der Waals surface area contributed by atoms with E-state index in [1.807, 2.05) is 7.05 Å². The van der Waals surface area contributed by atoms with Crippen LogP contribution in [0.2, 0.25) is 0 Å². The molecule has 1 aromatic heterocycles. The van der Waals surface area contributed by atoms with Gasteiger partial charge in [-0.3, -0.25) is 4.98 Å². The summed E-state index contributed by atoms with van der Waals surface area (Å²) >= 11 is 7.30. The summed E-state index contributed by atoms with van der Waals surface area (Å²) in [6.45, 7) is 0. The van der Waals surface area contributed by atoms with Crippen molar-refractivity contribution in [2.45, 2.75) is 32.1 Å². The highest BCUT2D eigenvalue weighted by Gasteiger charge is 2.19. The summed E-state index contributed by atoms with van der Waals surface area (Å²) < 4.78 is 2.17. The minimum atomic E-state index is 1.05. The Morgan fingerprint density at radius 3 is 2.58 bits per heavy atom. The molecule has 0 atom stereocenters. The van der Waals surface area contributed by atoms with Crippen LogP contribution in [0.4, 0.5) is 5.69 Å². The van der Waals surface area contributed by atoms with Crippen molar-refractivity contribution in [3.05, 3.63) is 32.3 Å². The highest BCUT2D eigenvalue weighted by atomic mass is 79.9. The van der Waals surface area contributed by atoms with Gasteiger partial charge in [0.05, 0.1) is 5.52 Å². The lowest BCUT2D eigenvalue weighted by Gasteiger charge is -2.16. The molecule has 0 bridgehead atoms. The molecule has 1 heterocycles. The van der Waals surface area contributed by atoms with Gasteiger partial charge in [0.15, 0.2) is 0 Å². The lowest BCUT2D eigenvalue weighted by atomic mass is 10.0. The summed E-state index contributed by atoms with van der Waals surface area (Å²) in [4.78, 5) is 4.93. The van der Waals surface area contributed by atoms with Crippen LogP contribution in [0.15, 0.2) is 21.1 Å². The standard InChI is InChI=1S/C15H16Br2N2/c1-18-14-9-5-3-2-4-6-12(9)19-15-11(17)8-7-10(16)13(14)15/h7-8H,2-6H2,1H3,(H,18,19). The number of nitrogens with zero attached hydrogens (tertiary/aromatic N) is 1. The van der Waals surface area contributed by atoms with Gasteiger partial charge in [-0.25, -0.2) is 0 Å². The van der Waals surface area contributed by atoms with Crippen molar-refractivity contribution in [3.63, 3.8) is 0 Å². The van der Waals surface area contributed by atoms with Gasteiger partial charge in [-0.2, -0.15) is 0 Å². The number of pyridine rings is 1. The van der Waals surface area contributed by atoms with Gasteiger partial charge in [-0.1, -0.05) is 22.4 Å². The molecular formula is C15H16Br2N2. The highest BCUT2D eigenvalue weighted by Crippen LogP contribution is 2.39. The van der Waals surface area contributed by atoms with Gasteiger partial charge >= 0.3 is 0 Å². The summed E-state index contributed by atoms with van der Waals surface area (Å²) in [6, 6.07) is 4.14. The molecule has 1 aliphatic carbocycles. The van der Waals surface area contributed by atoms with E-state index in [-0.39, 0.29) is 0 Å². The molecule has 0 amide bonds. The largest absolute Gasteiger partial charge is 0.387 e. The van der Waals surface area contributed by atoms with Crippen LogP contribution in [0, 0.1) is 0 Å². The lowest BCUT2D eigenvalue weighted by molar-refractivity contribution is 0.709. The molecule has 1 aliphatic rings. The summed E-state index contributed by atoms with van der Waals surface area (Å²) in [6.07, 6.45) is 6.05. The fraction of sp³-hybridized carbons (Fsp3) is 0.400. The zero-order chi connectivity index (χ0) is 13.4. The van der Waals surface area contributed by atoms with Crippen LogP contribution in [-0.2, 0) is 12.8 Å². The first kappa shape index (κ1) is 13.4. The smallest absolute Gasteiger partial charge is 0.0879 e. The Bertz CT molecular complexity index is 638. The minimum absolute atomic E-state index is 1.05. The Kier molecular flexibility index (Phi) is 3.81. The van der Waals surface area contributed by atoms with E-state index in [0.717, 1.165) is 27.3 Å². The Morgan fingerprint density at radius 2 is 1.79 bits per heavy atom. The van der Waals surface area contributed by atoms with E-state index < -0.39 is 0 Å². The number of hydrogen-bond donors (Lipinski definition) is 1.